The van der Waals surface area contributed by atoms with Gasteiger partial charge in [-0.25, -0.2) is 9.78 Å². The van der Waals surface area contributed by atoms with Crippen LogP contribution in [0.3, 0.4) is 0 Å². The molecule has 0 amide bonds. The van der Waals surface area contributed by atoms with E-state index in [1.54, 1.807) is 13.8 Å². The maximum absolute atomic E-state index is 11.3. The minimum atomic E-state index is -1.00. The minimum Gasteiger partial charge on any atom is -0.478 e. The van der Waals surface area contributed by atoms with Crippen molar-refractivity contribution in [3.63, 3.8) is 0 Å². The van der Waals surface area contributed by atoms with Crippen molar-refractivity contribution in [2.24, 2.45) is 0 Å². The molecule has 2 heterocycles. The molecule has 19 heavy (non-hydrogen) atoms. The van der Waals surface area contributed by atoms with E-state index in [9.17, 15) is 9.90 Å². The second-order valence-corrected chi connectivity index (χ2v) is 5.82. The lowest BCUT2D eigenvalue weighted by Gasteiger charge is -2.06. The van der Waals surface area contributed by atoms with Crippen molar-refractivity contribution >= 4 is 29.3 Å². The molecule has 0 saturated heterocycles. The predicted octanol–water partition coefficient (Wildman–Crippen LogP) is 2.36. The van der Waals surface area contributed by atoms with Crippen LogP contribution in [0.2, 0.25) is 0 Å². The highest BCUT2D eigenvalue weighted by atomic mass is 32.2. The number of hydrogen-bond donors (Lipinski definition) is 1. The van der Waals surface area contributed by atoms with E-state index in [1.165, 1.54) is 23.3 Å². The molecule has 0 bridgehead atoms. The molecular formula is C11H12N4O2S2. The Hall–Kier alpha value is -1.54. The number of rotatable bonds is 4. The van der Waals surface area contributed by atoms with Crippen molar-refractivity contribution in [1.82, 2.24) is 19.6 Å². The number of aromatic nitrogens is 4. The van der Waals surface area contributed by atoms with Crippen molar-refractivity contribution in [3.05, 3.63) is 22.6 Å². The Morgan fingerprint density at radius 2 is 2.11 bits per heavy atom. The van der Waals surface area contributed by atoms with Crippen LogP contribution in [0.5, 0.6) is 0 Å². The fraction of sp³-hybridized carbons (Fsp3) is 0.364. The zero-order valence-electron chi connectivity index (χ0n) is 10.7. The van der Waals surface area contributed by atoms with Crippen LogP contribution in [-0.2, 0) is 6.42 Å². The lowest BCUT2D eigenvalue weighted by Crippen LogP contribution is -2.07. The van der Waals surface area contributed by atoms with E-state index in [0.29, 0.717) is 20.6 Å². The van der Waals surface area contributed by atoms with E-state index < -0.39 is 5.97 Å². The SMILES string of the molecule is CCc1nsc(Sc2nnc(C)c(C)c2C(=O)O)n1. The van der Waals surface area contributed by atoms with Crippen LogP contribution in [0, 0.1) is 13.8 Å². The maximum atomic E-state index is 11.3. The van der Waals surface area contributed by atoms with Gasteiger partial charge in [0.15, 0.2) is 4.34 Å². The molecule has 1 N–H and O–H groups in total. The smallest absolute Gasteiger partial charge is 0.338 e. The Kier molecular flexibility index (Phi) is 4.11. The fourth-order valence-corrected chi connectivity index (χ4v) is 3.15. The Balaban J connectivity index is 2.39. The van der Waals surface area contributed by atoms with Gasteiger partial charge in [0, 0.05) is 6.42 Å². The number of hydrogen-bond acceptors (Lipinski definition) is 7. The van der Waals surface area contributed by atoms with Gasteiger partial charge in [0.2, 0.25) is 0 Å². The molecule has 0 spiro atoms. The summed E-state index contributed by atoms with van der Waals surface area (Å²) in [5.74, 6) is -0.251. The molecule has 2 aromatic rings. The number of aryl methyl sites for hydroxylation is 2. The van der Waals surface area contributed by atoms with Crippen molar-refractivity contribution in [2.75, 3.05) is 0 Å². The van der Waals surface area contributed by atoms with Crippen molar-refractivity contribution in [2.45, 2.75) is 36.6 Å². The Bertz CT molecular complexity index is 627. The van der Waals surface area contributed by atoms with Gasteiger partial charge in [0.25, 0.3) is 0 Å². The molecule has 0 radical (unpaired) electrons. The third kappa shape index (κ3) is 2.90. The molecule has 0 aliphatic carbocycles. The standard InChI is InChI=1S/C11H12N4O2S2/c1-4-7-12-11(19-15-7)18-9-8(10(16)17)5(2)6(3)13-14-9/h4H2,1-3H3,(H,16,17). The quantitative estimate of drug-likeness (QED) is 0.926. The molecule has 0 unspecified atom stereocenters. The summed E-state index contributed by atoms with van der Waals surface area (Å²) < 4.78 is 4.84. The third-order valence-electron chi connectivity index (χ3n) is 2.59. The van der Waals surface area contributed by atoms with Gasteiger partial charge >= 0.3 is 5.97 Å². The van der Waals surface area contributed by atoms with Crippen LogP contribution in [0.1, 0.15) is 34.4 Å². The highest BCUT2D eigenvalue weighted by Crippen LogP contribution is 2.31. The first-order valence-corrected chi connectivity index (χ1v) is 7.19. The Morgan fingerprint density at radius 1 is 1.37 bits per heavy atom. The Labute approximate surface area is 118 Å². The predicted molar refractivity (Wildman–Crippen MR) is 71.9 cm³/mol. The van der Waals surface area contributed by atoms with Gasteiger partial charge in [-0.15, -0.1) is 5.10 Å². The van der Waals surface area contributed by atoms with Gasteiger partial charge in [-0.1, -0.05) is 6.92 Å². The van der Waals surface area contributed by atoms with Gasteiger partial charge in [0.05, 0.1) is 11.3 Å². The zero-order chi connectivity index (χ0) is 14.0. The summed E-state index contributed by atoms with van der Waals surface area (Å²) in [5, 5.41) is 17.6. The molecule has 0 fully saturated rings. The molecule has 0 aromatic carbocycles. The second-order valence-electron chi connectivity index (χ2n) is 3.83. The first-order valence-electron chi connectivity index (χ1n) is 5.60. The Morgan fingerprint density at radius 3 is 2.68 bits per heavy atom. The van der Waals surface area contributed by atoms with Crippen LogP contribution in [-0.4, -0.2) is 30.6 Å². The summed E-state index contributed by atoms with van der Waals surface area (Å²) in [6.45, 7) is 5.44. The fourth-order valence-electron chi connectivity index (χ4n) is 1.42. The molecule has 0 aliphatic rings. The molecule has 0 aliphatic heterocycles. The van der Waals surface area contributed by atoms with Crippen molar-refractivity contribution < 1.29 is 9.90 Å². The van der Waals surface area contributed by atoms with Gasteiger partial charge in [-0.2, -0.15) is 9.47 Å². The summed E-state index contributed by atoms with van der Waals surface area (Å²) in [6, 6.07) is 0. The van der Waals surface area contributed by atoms with E-state index >= 15 is 0 Å². The van der Waals surface area contributed by atoms with E-state index in [0.717, 1.165) is 12.2 Å². The third-order valence-corrected chi connectivity index (χ3v) is 4.35. The van der Waals surface area contributed by atoms with Crippen molar-refractivity contribution in [3.8, 4) is 0 Å². The number of carboxylic acids is 1. The van der Waals surface area contributed by atoms with Gasteiger partial charge in [-0.05, 0) is 42.7 Å². The molecular weight excluding hydrogens is 284 g/mol. The molecule has 100 valence electrons. The monoisotopic (exact) mass is 296 g/mol. The first kappa shape index (κ1) is 13.9. The number of carbonyl (C=O) groups is 1. The van der Waals surface area contributed by atoms with Crippen LogP contribution in [0.15, 0.2) is 9.37 Å². The molecule has 0 atom stereocenters. The normalized spacial score (nSPS) is 10.7. The van der Waals surface area contributed by atoms with Gasteiger partial charge < -0.3 is 5.11 Å². The second kappa shape index (κ2) is 5.62. The minimum absolute atomic E-state index is 0.186. The van der Waals surface area contributed by atoms with Gasteiger partial charge in [-0.3, -0.25) is 0 Å². The number of aromatic carboxylic acids is 1. The maximum Gasteiger partial charge on any atom is 0.338 e. The summed E-state index contributed by atoms with van der Waals surface area (Å²) in [4.78, 5) is 15.6. The van der Waals surface area contributed by atoms with E-state index in [2.05, 4.69) is 19.6 Å². The number of carboxylic acid groups (broad SMARTS) is 1. The summed E-state index contributed by atoms with van der Waals surface area (Å²) in [5.41, 5.74) is 1.43. The molecule has 0 saturated carbocycles. The highest BCUT2D eigenvalue weighted by Gasteiger charge is 2.19. The van der Waals surface area contributed by atoms with E-state index in [1.807, 2.05) is 6.92 Å². The summed E-state index contributed by atoms with van der Waals surface area (Å²) in [7, 11) is 0. The van der Waals surface area contributed by atoms with Crippen molar-refractivity contribution in [1.29, 1.82) is 0 Å². The molecule has 8 heteroatoms. The van der Waals surface area contributed by atoms with E-state index in [-0.39, 0.29) is 5.56 Å². The van der Waals surface area contributed by atoms with Crippen LogP contribution in [0.4, 0.5) is 0 Å². The number of nitrogens with zero attached hydrogens (tertiary/aromatic N) is 4. The summed E-state index contributed by atoms with van der Waals surface area (Å²) >= 11 is 2.43. The van der Waals surface area contributed by atoms with Crippen LogP contribution < -0.4 is 0 Å². The lowest BCUT2D eigenvalue weighted by atomic mass is 10.1. The average molecular weight is 296 g/mol. The first-order chi connectivity index (χ1) is 9.02. The van der Waals surface area contributed by atoms with Gasteiger partial charge in [0.1, 0.15) is 10.9 Å². The average Bonchev–Trinajstić information content (AvgIpc) is 2.81. The topological polar surface area (TPSA) is 88.9 Å². The summed E-state index contributed by atoms with van der Waals surface area (Å²) in [6.07, 6.45) is 0.751. The lowest BCUT2D eigenvalue weighted by molar-refractivity contribution is 0.0690. The van der Waals surface area contributed by atoms with Crippen LogP contribution >= 0.6 is 23.3 Å². The zero-order valence-corrected chi connectivity index (χ0v) is 12.3. The molecule has 2 rings (SSSR count). The van der Waals surface area contributed by atoms with E-state index in [4.69, 9.17) is 0 Å². The largest absolute Gasteiger partial charge is 0.478 e. The van der Waals surface area contributed by atoms with Crippen LogP contribution in [0.25, 0.3) is 0 Å². The highest BCUT2D eigenvalue weighted by molar-refractivity contribution is 8.01. The molecule has 2 aromatic heterocycles. The molecule has 6 nitrogen and oxygen atoms in total.